The fraction of sp³-hybridized carbons (Fsp3) is 0.611. The number of ether oxygens (including phenoxy) is 1. The first kappa shape index (κ1) is 20.7. The van der Waals surface area contributed by atoms with E-state index in [1.54, 1.807) is 6.92 Å². The van der Waals surface area contributed by atoms with Gasteiger partial charge in [-0.2, -0.15) is 0 Å². The number of aliphatic hydroxyl groups excluding tert-OH is 1. The van der Waals surface area contributed by atoms with Crippen molar-refractivity contribution in [3.63, 3.8) is 0 Å². The molecule has 1 saturated carbocycles. The number of rotatable bonds is 9. The van der Waals surface area contributed by atoms with Gasteiger partial charge < -0.3 is 15.2 Å². The molecular weight excluding hydrogens is 356 g/mol. The number of aliphatic hydroxyl groups is 1. The van der Waals surface area contributed by atoms with E-state index in [1.165, 1.54) is 30.7 Å². The molecule has 8 heteroatoms. The minimum atomic E-state index is -3.61. The number of hydrogen-bond acceptors (Lipinski definition) is 5. The number of carbonyl (C=O) groups is 1. The highest BCUT2D eigenvalue weighted by Gasteiger charge is 2.21. The molecule has 0 aromatic heterocycles. The summed E-state index contributed by atoms with van der Waals surface area (Å²) in [7, 11) is -3.61. The van der Waals surface area contributed by atoms with Gasteiger partial charge in [-0.3, -0.25) is 4.79 Å². The summed E-state index contributed by atoms with van der Waals surface area (Å²) in [5, 5.41) is 11.7. The summed E-state index contributed by atoms with van der Waals surface area (Å²) in [6, 6.07) is 6.15. The van der Waals surface area contributed by atoms with Gasteiger partial charge in [0.1, 0.15) is 5.75 Å². The van der Waals surface area contributed by atoms with Gasteiger partial charge in [0.05, 0.1) is 4.90 Å². The molecule has 0 radical (unpaired) electrons. The van der Waals surface area contributed by atoms with Crippen LogP contribution in [0.15, 0.2) is 29.2 Å². The maximum Gasteiger partial charge on any atom is 0.260 e. The standard InChI is InChI=1S/C18H28N2O5S/c1-14(18(22)20-15-6-3-2-4-7-15)25-16-8-10-17(11-9-16)26(23,24)19-12-5-13-21/h8-11,14-15,19,21H,2-7,12-13H2,1H3,(H,20,22)/t14-/m0/s1. The van der Waals surface area contributed by atoms with E-state index < -0.39 is 16.1 Å². The fourth-order valence-corrected chi connectivity index (χ4v) is 3.96. The van der Waals surface area contributed by atoms with Crippen molar-refractivity contribution in [3.05, 3.63) is 24.3 Å². The smallest absolute Gasteiger partial charge is 0.260 e. The lowest BCUT2D eigenvalue weighted by Gasteiger charge is -2.24. The summed E-state index contributed by atoms with van der Waals surface area (Å²) in [4.78, 5) is 12.3. The molecule has 3 N–H and O–H groups in total. The van der Waals surface area contributed by atoms with Crippen molar-refractivity contribution in [2.75, 3.05) is 13.2 Å². The zero-order valence-electron chi connectivity index (χ0n) is 15.1. The van der Waals surface area contributed by atoms with Crippen molar-refractivity contribution in [2.45, 2.75) is 62.5 Å². The monoisotopic (exact) mass is 384 g/mol. The van der Waals surface area contributed by atoms with Gasteiger partial charge in [0, 0.05) is 19.2 Å². The minimum Gasteiger partial charge on any atom is -0.481 e. The van der Waals surface area contributed by atoms with Crippen LogP contribution in [0.25, 0.3) is 0 Å². The number of carbonyl (C=O) groups excluding carboxylic acids is 1. The Morgan fingerprint density at radius 2 is 1.88 bits per heavy atom. The van der Waals surface area contributed by atoms with Crippen LogP contribution in [0.2, 0.25) is 0 Å². The Kier molecular flexibility index (Phi) is 7.86. The molecule has 146 valence electrons. The molecule has 1 fully saturated rings. The maximum atomic E-state index is 12.2. The molecule has 1 amide bonds. The summed E-state index contributed by atoms with van der Waals surface area (Å²) in [6.07, 6.45) is 5.23. The van der Waals surface area contributed by atoms with Gasteiger partial charge in [0.25, 0.3) is 5.91 Å². The lowest BCUT2D eigenvalue weighted by Crippen LogP contribution is -2.43. The average molecular weight is 384 g/mol. The van der Waals surface area contributed by atoms with Crippen LogP contribution in [0.3, 0.4) is 0 Å². The Bertz CT molecular complexity index is 669. The summed E-state index contributed by atoms with van der Waals surface area (Å²) in [5.74, 6) is 0.282. The predicted octanol–water partition coefficient (Wildman–Crippen LogP) is 1.56. The SMILES string of the molecule is C[C@H](Oc1ccc(S(=O)(=O)NCCCO)cc1)C(=O)NC1CCCCC1. The molecule has 26 heavy (non-hydrogen) atoms. The Balaban J connectivity index is 1.88. The van der Waals surface area contributed by atoms with Crippen LogP contribution < -0.4 is 14.8 Å². The molecule has 1 aromatic carbocycles. The van der Waals surface area contributed by atoms with E-state index >= 15 is 0 Å². The first-order valence-electron chi connectivity index (χ1n) is 9.10. The second kappa shape index (κ2) is 9.89. The van der Waals surface area contributed by atoms with E-state index in [2.05, 4.69) is 10.0 Å². The Morgan fingerprint density at radius 3 is 2.50 bits per heavy atom. The highest BCUT2D eigenvalue weighted by Crippen LogP contribution is 2.19. The molecule has 0 bridgehead atoms. The maximum absolute atomic E-state index is 12.2. The molecule has 0 saturated heterocycles. The second-order valence-electron chi connectivity index (χ2n) is 6.55. The summed E-state index contributed by atoms with van der Waals surface area (Å²) < 4.78 is 32.2. The van der Waals surface area contributed by atoms with Gasteiger partial charge in [-0.05, 0) is 50.5 Å². The fourth-order valence-electron chi connectivity index (χ4n) is 2.89. The van der Waals surface area contributed by atoms with Gasteiger partial charge in [-0.1, -0.05) is 19.3 Å². The molecule has 0 unspecified atom stereocenters. The van der Waals surface area contributed by atoms with E-state index in [0.717, 1.165) is 25.7 Å². The van der Waals surface area contributed by atoms with Crippen molar-refractivity contribution in [3.8, 4) is 5.75 Å². The molecule has 0 heterocycles. The van der Waals surface area contributed by atoms with Crippen LogP contribution in [-0.4, -0.2) is 44.7 Å². The minimum absolute atomic E-state index is 0.0733. The summed E-state index contributed by atoms with van der Waals surface area (Å²) in [6.45, 7) is 1.78. The van der Waals surface area contributed by atoms with Gasteiger partial charge in [-0.25, -0.2) is 13.1 Å². The van der Waals surface area contributed by atoms with E-state index in [0.29, 0.717) is 12.2 Å². The van der Waals surface area contributed by atoms with E-state index in [9.17, 15) is 13.2 Å². The molecule has 1 aromatic rings. The van der Waals surface area contributed by atoms with Crippen LogP contribution >= 0.6 is 0 Å². The van der Waals surface area contributed by atoms with E-state index in [1.807, 2.05) is 0 Å². The lowest BCUT2D eigenvalue weighted by molar-refractivity contribution is -0.128. The quantitative estimate of drug-likeness (QED) is 0.561. The molecule has 0 spiro atoms. The molecule has 7 nitrogen and oxygen atoms in total. The highest BCUT2D eigenvalue weighted by molar-refractivity contribution is 7.89. The molecule has 0 aliphatic heterocycles. The first-order valence-corrected chi connectivity index (χ1v) is 10.6. The summed E-state index contributed by atoms with van der Waals surface area (Å²) in [5.41, 5.74) is 0. The Labute approximate surface area is 155 Å². The summed E-state index contributed by atoms with van der Waals surface area (Å²) >= 11 is 0. The largest absolute Gasteiger partial charge is 0.481 e. The lowest BCUT2D eigenvalue weighted by atomic mass is 9.95. The first-order chi connectivity index (χ1) is 12.4. The normalized spacial score (nSPS) is 16.8. The van der Waals surface area contributed by atoms with Crippen LogP contribution in [0.5, 0.6) is 5.75 Å². The number of sulfonamides is 1. The van der Waals surface area contributed by atoms with Crippen molar-refractivity contribution >= 4 is 15.9 Å². The molecular formula is C18H28N2O5S. The number of amides is 1. The molecule has 1 aliphatic rings. The van der Waals surface area contributed by atoms with Gasteiger partial charge in [0.2, 0.25) is 10.0 Å². The topological polar surface area (TPSA) is 105 Å². The second-order valence-corrected chi connectivity index (χ2v) is 8.32. The molecule has 1 atom stereocenters. The molecule has 1 aliphatic carbocycles. The van der Waals surface area contributed by atoms with E-state index in [-0.39, 0.29) is 30.0 Å². The third-order valence-electron chi connectivity index (χ3n) is 4.39. The van der Waals surface area contributed by atoms with Crippen molar-refractivity contribution in [2.24, 2.45) is 0 Å². The zero-order chi connectivity index (χ0) is 19.0. The van der Waals surface area contributed by atoms with Crippen molar-refractivity contribution in [1.82, 2.24) is 10.0 Å². The third-order valence-corrected chi connectivity index (χ3v) is 5.87. The third kappa shape index (κ3) is 6.26. The van der Waals surface area contributed by atoms with Crippen LogP contribution in [-0.2, 0) is 14.8 Å². The molecule has 2 rings (SSSR count). The van der Waals surface area contributed by atoms with Crippen LogP contribution in [0, 0.1) is 0 Å². The van der Waals surface area contributed by atoms with Gasteiger partial charge in [0.15, 0.2) is 6.10 Å². The highest BCUT2D eigenvalue weighted by atomic mass is 32.2. The Hall–Kier alpha value is -1.64. The van der Waals surface area contributed by atoms with Crippen molar-refractivity contribution in [1.29, 1.82) is 0 Å². The number of benzene rings is 1. The van der Waals surface area contributed by atoms with Gasteiger partial charge >= 0.3 is 0 Å². The number of hydrogen-bond donors (Lipinski definition) is 3. The zero-order valence-corrected chi connectivity index (χ0v) is 15.9. The predicted molar refractivity (Wildman–Crippen MR) is 98.4 cm³/mol. The van der Waals surface area contributed by atoms with Crippen molar-refractivity contribution < 1.29 is 23.1 Å². The average Bonchev–Trinajstić information content (AvgIpc) is 2.63. The van der Waals surface area contributed by atoms with Crippen LogP contribution in [0.1, 0.15) is 45.4 Å². The van der Waals surface area contributed by atoms with Crippen LogP contribution in [0.4, 0.5) is 0 Å². The van der Waals surface area contributed by atoms with Gasteiger partial charge in [-0.15, -0.1) is 0 Å². The Morgan fingerprint density at radius 1 is 1.23 bits per heavy atom. The number of nitrogens with one attached hydrogen (secondary N) is 2. The van der Waals surface area contributed by atoms with E-state index in [4.69, 9.17) is 9.84 Å².